The monoisotopic (exact) mass is 112 g/mol. The summed E-state index contributed by atoms with van der Waals surface area (Å²) in [7, 11) is 0. The lowest BCUT2D eigenvalue weighted by molar-refractivity contribution is -0.137. The Labute approximate surface area is 49.1 Å². The standard InChI is InChI=1S/C6H8O2/c1-3-5-6(7)8-4-2/h1,3,5H,4H2,2H3/b5-3-. The summed E-state index contributed by atoms with van der Waals surface area (Å²) in [6.07, 6.45) is 2.32. The molecular formula is C6H8O2. The topological polar surface area (TPSA) is 26.3 Å². The minimum Gasteiger partial charge on any atom is -0.463 e. The van der Waals surface area contributed by atoms with E-state index in [-0.39, 0.29) is 0 Å². The zero-order valence-corrected chi connectivity index (χ0v) is 4.76. The molecule has 2 nitrogen and oxygen atoms in total. The van der Waals surface area contributed by atoms with E-state index in [0.29, 0.717) is 6.61 Å². The molecular weight excluding hydrogens is 104 g/mol. The van der Waals surface area contributed by atoms with E-state index >= 15 is 0 Å². The van der Waals surface area contributed by atoms with Crippen molar-refractivity contribution >= 4 is 5.97 Å². The fourth-order valence-electron chi connectivity index (χ4n) is 0.269. The molecule has 0 amide bonds. The maximum atomic E-state index is 10.3. The SMILES string of the molecule is [CH]/C=C\C(=O)OCC. The van der Waals surface area contributed by atoms with Gasteiger partial charge in [-0.3, -0.25) is 0 Å². The molecule has 0 N–H and O–H groups in total. The van der Waals surface area contributed by atoms with E-state index in [4.69, 9.17) is 6.92 Å². The van der Waals surface area contributed by atoms with Gasteiger partial charge in [0.05, 0.1) is 6.61 Å². The Morgan fingerprint density at radius 1 is 1.88 bits per heavy atom. The average molecular weight is 112 g/mol. The predicted molar refractivity (Wildman–Crippen MR) is 30.1 cm³/mol. The minimum atomic E-state index is -0.394. The quantitative estimate of drug-likeness (QED) is 0.390. The molecule has 2 radical (unpaired) electrons. The lowest BCUT2D eigenvalue weighted by Crippen LogP contribution is -1.98. The Balaban J connectivity index is 3.33. The van der Waals surface area contributed by atoms with Gasteiger partial charge in [-0.15, -0.1) is 0 Å². The number of hydrogen-bond donors (Lipinski definition) is 0. The number of carbonyl (C=O) groups excluding carboxylic acids is 1. The fraction of sp³-hybridized carbons (Fsp3) is 0.333. The van der Waals surface area contributed by atoms with Gasteiger partial charge in [0, 0.05) is 6.08 Å². The van der Waals surface area contributed by atoms with Gasteiger partial charge in [-0.05, 0) is 13.8 Å². The summed E-state index contributed by atoms with van der Waals surface area (Å²) in [5.41, 5.74) is 0. The normalized spacial score (nSPS) is 9.75. The summed E-state index contributed by atoms with van der Waals surface area (Å²) >= 11 is 0. The van der Waals surface area contributed by atoms with E-state index in [2.05, 4.69) is 4.74 Å². The van der Waals surface area contributed by atoms with Gasteiger partial charge in [0.15, 0.2) is 0 Å². The first-order chi connectivity index (χ1) is 3.81. The van der Waals surface area contributed by atoms with Crippen LogP contribution in [0, 0.1) is 6.92 Å². The van der Waals surface area contributed by atoms with E-state index in [1.807, 2.05) is 0 Å². The van der Waals surface area contributed by atoms with Crippen molar-refractivity contribution in [1.29, 1.82) is 0 Å². The summed E-state index contributed by atoms with van der Waals surface area (Å²) in [6.45, 7) is 7.01. The van der Waals surface area contributed by atoms with Gasteiger partial charge in [-0.1, -0.05) is 6.08 Å². The number of esters is 1. The Bertz CT molecular complexity index is 94.7. The first kappa shape index (κ1) is 7.21. The van der Waals surface area contributed by atoms with Crippen LogP contribution in [0.5, 0.6) is 0 Å². The Morgan fingerprint density at radius 3 is 2.88 bits per heavy atom. The Morgan fingerprint density at radius 2 is 2.50 bits per heavy atom. The predicted octanol–water partition coefficient (Wildman–Crippen LogP) is 0.817. The van der Waals surface area contributed by atoms with Crippen LogP contribution < -0.4 is 0 Å². The fourth-order valence-corrected chi connectivity index (χ4v) is 0.269. The molecule has 0 aliphatic heterocycles. The summed E-state index contributed by atoms with van der Waals surface area (Å²) in [4.78, 5) is 10.3. The van der Waals surface area contributed by atoms with Crippen molar-refractivity contribution in [2.24, 2.45) is 0 Å². The van der Waals surface area contributed by atoms with Crippen molar-refractivity contribution in [2.75, 3.05) is 6.61 Å². The van der Waals surface area contributed by atoms with Crippen molar-refractivity contribution in [3.8, 4) is 0 Å². The Kier molecular flexibility index (Phi) is 3.94. The molecule has 0 heterocycles. The van der Waals surface area contributed by atoms with Crippen molar-refractivity contribution in [3.05, 3.63) is 19.1 Å². The van der Waals surface area contributed by atoms with Crippen LogP contribution in [-0.2, 0) is 9.53 Å². The minimum absolute atomic E-state index is 0.392. The molecule has 0 aromatic rings. The van der Waals surface area contributed by atoms with Crippen LogP contribution in [0.2, 0.25) is 0 Å². The Hall–Kier alpha value is -0.790. The number of carbonyl (C=O) groups is 1. The molecule has 0 atom stereocenters. The third-order valence-electron chi connectivity index (χ3n) is 0.519. The molecule has 0 aromatic heterocycles. The molecule has 0 saturated heterocycles. The highest BCUT2D eigenvalue weighted by molar-refractivity contribution is 5.81. The zero-order chi connectivity index (χ0) is 6.41. The van der Waals surface area contributed by atoms with Gasteiger partial charge in [-0.2, -0.15) is 0 Å². The van der Waals surface area contributed by atoms with E-state index in [9.17, 15) is 4.79 Å². The second kappa shape index (κ2) is 4.37. The highest BCUT2D eigenvalue weighted by Gasteiger charge is 1.88. The molecule has 0 bridgehead atoms. The van der Waals surface area contributed by atoms with Crippen LogP contribution in [-0.4, -0.2) is 12.6 Å². The van der Waals surface area contributed by atoms with Crippen LogP contribution in [0.3, 0.4) is 0 Å². The summed E-state index contributed by atoms with van der Waals surface area (Å²) < 4.78 is 4.48. The van der Waals surface area contributed by atoms with Crippen molar-refractivity contribution < 1.29 is 9.53 Å². The molecule has 0 aliphatic rings. The maximum absolute atomic E-state index is 10.3. The molecule has 0 spiro atoms. The number of allylic oxidation sites excluding steroid dienone is 1. The van der Waals surface area contributed by atoms with Crippen LogP contribution in [0.25, 0.3) is 0 Å². The molecule has 0 saturated carbocycles. The van der Waals surface area contributed by atoms with Gasteiger partial charge in [0.25, 0.3) is 0 Å². The number of hydrogen-bond acceptors (Lipinski definition) is 2. The molecule has 2 heteroatoms. The van der Waals surface area contributed by atoms with E-state index in [0.717, 1.165) is 6.08 Å². The van der Waals surface area contributed by atoms with Crippen molar-refractivity contribution in [3.63, 3.8) is 0 Å². The first-order valence-electron chi connectivity index (χ1n) is 2.36. The van der Waals surface area contributed by atoms with E-state index < -0.39 is 5.97 Å². The van der Waals surface area contributed by atoms with E-state index in [1.54, 1.807) is 6.92 Å². The molecule has 0 rings (SSSR count). The second-order valence-electron chi connectivity index (χ2n) is 1.11. The zero-order valence-electron chi connectivity index (χ0n) is 4.76. The lowest BCUT2D eigenvalue weighted by atomic mass is 10.5. The summed E-state index contributed by atoms with van der Waals surface area (Å²) in [6, 6.07) is 0. The van der Waals surface area contributed by atoms with Crippen LogP contribution in [0.4, 0.5) is 0 Å². The molecule has 0 unspecified atom stereocenters. The van der Waals surface area contributed by atoms with Crippen LogP contribution in [0.15, 0.2) is 12.2 Å². The number of ether oxygens (including phenoxy) is 1. The van der Waals surface area contributed by atoms with E-state index in [1.165, 1.54) is 6.08 Å². The lowest BCUT2D eigenvalue weighted by Gasteiger charge is -1.91. The molecule has 0 fully saturated rings. The third-order valence-corrected chi connectivity index (χ3v) is 0.519. The molecule has 0 aromatic carbocycles. The second-order valence-corrected chi connectivity index (χ2v) is 1.11. The van der Waals surface area contributed by atoms with Crippen molar-refractivity contribution in [2.45, 2.75) is 6.92 Å². The molecule has 44 valence electrons. The van der Waals surface area contributed by atoms with Gasteiger partial charge in [0.2, 0.25) is 0 Å². The smallest absolute Gasteiger partial charge is 0.330 e. The van der Waals surface area contributed by atoms with Gasteiger partial charge in [-0.25, -0.2) is 4.79 Å². The maximum Gasteiger partial charge on any atom is 0.330 e. The third kappa shape index (κ3) is 3.40. The van der Waals surface area contributed by atoms with Crippen LogP contribution >= 0.6 is 0 Å². The van der Waals surface area contributed by atoms with Gasteiger partial charge < -0.3 is 4.74 Å². The van der Waals surface area contributed by atoms with Crippen LogP contribution in [0.1, 0.15) is 6.92 Å². The first-order valence-corrected chi connectivity index (χ1v) is 2.36. The van der Waals surface area contributed by atoms with Gasteiger partial charge >= 0.3 is 5.97 Å². The highest BCUT2D eigenvalue weighted by Crippen LogP contribution is 1.78. The molecule has 8 heavy (non-hydrogen) atoms. The molecule has 0 aliphatic carbocycles. The summed E-state index contributed by atoms with van der Waals surface area (Å²) in [5.74, 6) is -0.394. The highest BCUT2D eigenvalue weighted by atomic mass is 16.5. The summed E-state index contributed by atoms with van der Waals surface area (Å²) in [5, 5.41) is 0. The largest absolute Gasteiger partial charge is 0.463 e. The average Bonchev–Trinajstić information content (AvgIpc) is 1.68. The van der Waals surface area contributed by atoms with Crippen molar-refractivity contribution in [1.82, 2.24) is 0 Å². The number of rotatable bonds is 2. The van der Waals surface area contributed by atoms with Gasteiger partial charge in [0.1, 0.15) is 0 Å².